The summed E-state index contributed by atoms with van der Waals surface area (Å²) in [6.45, 7) is 4.36. The molecule has 0 saturated heterocycles. The van der Waals surface area contributed by atoms with Crippen molar-refractivity contribution in [2.24, 2.45) is 0 Å². The van der Waals surface area contributed by atoms with E-state index in [0.717, 1.165) is 21.1 Å². The number of fused-ring (bicyclic) bond motifs is 1. The van der Waals surface area contributed by atoms with Crippen LogP contribution in [-0.2, 0) is 0 Å². The van der Waals surface area contributed by atoms with E-state index >= 15 is 0 Å². The summed E-state index contributed by atoms with van der Waals surface area (Å²) >= 11 is 9.05. The molecule has 6 heteroatoms. The van der Waals surface area contributed by atoms with E-state index in [9.17, 15) is 0 Å². The monoisotopic (exact) mass is 259 g/mol. The molecule has 2 rings (SSSR count). The van der Waals surface area contributed by atoms with Gasteiger partial charge in [-0.25, -0.2) is 15.0 Å². The van der Waals surface area contributed by atoms with E-state index in [1.54, 1.807) is 29.3 Å². The minimum Gasteiger partial charge on any atom is -0.226 e. The fourth-order valence-corrected chi connectivity index (χ4v) is 3.41. The van der Waals surface area contributed by atoms with Gasteiger partial charge in [-0.05, 0) is 18.0 Å². The van der Waals surface area contributed by atoms with Crippen LogP contribution in [0.5, 0.6) is 0 Å². The lowest BCUT2D eigenvalue weighted by Gasteiger charge is -2.02. The highest BCUT2D eigenvalue weighted by molar-refractivity contribution is 8.01. The average molecular weight is 260 g/mol. The summed E-state index contributed by atoms with van der Waals surface area (Å²) in [6.07, 6.45) is 2.80. The molecule has 0 spiro atoms. The van der Waals surface area contributed by atoms with E-state index in [1.165, 1.54) is 0 Å². The molecular weight excluding hydrogens is 250 g/mol. The molecule has 15 heavy (non-hydrogen) atoms. The Morgan fingerprint density at radius 3 is 3.07 bits per heavy atom. The first kappa shape index (κ1) is 11.1. The van der Waals surface area contributed by atoms with Crippen LogP contribution in [0.1, 0.15) is 20.3 Å². The molecule has 0 N–H and O–H groups in total. The number of thioether (sulfide) groups is 1. The molecule has 1 atom stereocenters. The maximum atomic E-state index is 5.71. The first-order chi connectivity index (χ1) is 7.19. The standard InChI is InChI=1S/C9H10ClN3S2/c1-3-5(2)14-9-12-6-4-11-8(10)13-7(6)15-9/h4-5H,3H2,1-2H3. The van der Waals surface area contributed by atoms with Crippen LogP contribution in [-0.4, -0.2) is 20.2 Å². The van der Waals surface area contributed by atoms with Crippen molar-refractivity contribution in [2.75, 3.05) is 0 Å². The van der Waals surface area contributed by atoms with Gasteiger partial charge in [0.05, 0.1) is 6.20 Å². The summed E-state index contributed by atoms with van der Waals surface area (Å²) in [5.74, 6) is 0. The minimum atomic E-state index is 0.284. The summed E-state index contributed by atoms with van der Waals surface area (Å²) in [6, 6.07) is 0. The average Bonchev–Trinajstić information content (AvgIpc) is 2.59. The summed E-state index contributed by atoms with van der Waals surface area (Å²) < 4.78 is 1.04. The zero-order valence-electron chi connectivity index (χ0n) is 8.40. The maximum Gasteiger partial charge on any atom is 0.223 e. The van der Waals surface area contributed by atoms with Crippen molar-refractivity contribution in [3.05, 3.63) is 11.5 Å². The van der Waals surface area contributed by atoms with Crippen LogP contribution in [0.3, 0.4) is 0 Å². The Balaban J connectivity index is 2.30. The van der Waals surface area contributed by atoms with Crippen LogP contribution in [0, 0.1) is 0 Å². The SMILES string of the molecule is CCC(C)Sc1nc2cnc(Cl)nc2s1. The fourth-order valence-electron chi connectivity index (χ4n) is 1.00. The quantitative estimate of drug-likeness (QED) is 0.623. The van der Waals surface area contributed by atoms with Gasteiger partial charge in [-0.3, -0.25) is 0 Å². The first-order valence-electron chi connectivity index (χ1n) is 4.64. The van der Waals surface area contributed by atoms with Crippen molar-refractivity contribution in [3.63, 3.8) is 0 Å². The van der Waals surface area contributed by atoms with Crippen LogP contribution in [0.4, 0.5) is 0 Å². The summed E-state index contributed by atoms with van der Waals surface area (Å²) in [7, 11) is 0. The molecule has 0 aliphatic carbocycles. The topological polar surface area (TPSA) is 38.7 Å². The number of hydrogen-bond donors (Lipinski definition) is 0. The summed E-state index contributed by atoms with van der Waals surface area (Å²) in [5, 5.41) is 0.861. The van der Waals surface area contributed by atoms with Gasteiger partial charge >= 0.3 is 0 Å². The molecule has 2 aromatic rings. The predicted octanol–water partition coefficient (Wildman–Crippen LogP) is 3.63. The van der Waals surface area contributed by atoms with Crippen molar-refractivity contribution in [1.29, 1.82) is 0 Å². The van der Waals surface area contributed by atoms with Gasteiger partial charge in [0.15, 0.2) is 4.34 Å². The van der Waals surface area contributed by atoms with Gasteiger partial charge in [-0.15, -0.1) is 0 Å². The molecule has 0 amide bonds. The lowest BCUT2D eigenvalue weighted by molar-refractivity contribution is 0.905. The molecule has 2 heterocycles. The van der Waals surface area contributed by atoms with Crippen LogP contribution < -0.4 is 0 Å². The molecule has 3 nitrogen and oxygen atoms in total. The number of aromatic nitrogens is 3. The molecule has 0 aromatic carbocycles. The second-order valence-corrected chi connectivity index (χ2v) is 6.15. The molecule has 2 aromatic heterocycles. The lowest BCUT2D eigenvalue weighted by Crippen LogP contribution is -1.90. The van der Waals surface area contributed by atoms with Gasteiger partial charge < -0.3 is 0 Å². The molecule has 80 valence electrons. The van der Waals surface area contributed by atoms with E-state index < -0.39 is 0 Å². The molecule has 1 unspecified atom stereocenters. The highest BCUT2D eigenvalue weighted by atomic mass is 35.5. The molecule has 0 saturated carbocycles. The Labute approximate surface area is 101 Å². The van der Waals surface area contributed by atoms with Crippen molar-refractivity contribution in [1.82, 2.24) is 15.0 Å². The molecule has 0 fully saturated rings. The zero-order valence-corrected chi connectivity index (χ0v) is 10.8. The number of thiazole rings is 1. The Morgan fingerprint density at radius 1 is 1.53 bits per heavy atom. The highest BCUT2D eigenvalue weighted by Gasteiger charge is 2.09. The molecule has 0 bridgehead atoms. The van der Waals surface area contributed by atoms with Crippen molar-refractivity contribution in [3.8, 4) is 0 Å². The Bertz CT molecular complexity index is 471. The van der Waals surface area contributed by atoms with E-state index in [2.05, 4.69) is 28.8 Å². The van der Waals surface area contributed by atoms with Crippen LogP contribution in [0.25, 0.3) is 10.3 Å². The van der Waals surface area contributed by atoms with Crippen molar-refractivity contribution < 1.29 is 0 Å². The van der Waals surface area contributed by atoms with Gasteiger partial charge in [0.25, 0.3) is 0 Å². The third kappa shape index (κ3) is 2.59. The van der Waals surface area contributed by atoms with Crippen LogP contribution in [0.2, 0.25) is 5.28 Å². The summed E-state index contributed by atoms with van der Waals surface area (Å²) in [5.41, 5.74) is 0.829. The number of nitrogens with zero attached hydrogens (tertiary/aromatic N) is 3. The number of hydrogen-bond acceptors (Lipinski definition) is 5. The molecule has 0 aliphatic heterocycles. The smallest absolute Gasteiger partial charge is 0.223 e. The van der Waals surface area contributed by atoms with Crippen LogP contribution >= 0.6 is 34.7 Å². The largest absolute Gasteiger partial charge is 0.226 e. The second kappa shape index (κ2) is 4.63. The van der Waals surface area contributed by atoms with E-state index in [-0.39, 0.29) is 5.28 Å². The molecule has 0 radical (unpaired) electrons. The van der Waals surface area contributed by atoms with E-state index in [4.69, 9.17) is 11.6 Å². The van der Waals surface area contributed by atoms with Gasteiger partial charge in [-0.2, -0.15) is 0 Å². The lowest BCUT2D eigenvalue weighted by atomic mass is 10.4. The Hall–Kier alpha value is -0.390. The predicted molar refractivity (Wildman–Crippen MR) is 65.8 cm³/mol. The van der Waals surface area contributed by atoms with E-state index in [1.807, 2.05) is 0 Å². The third-order valence-electron chi connectivity index (χ3n) is 1.98. The highest BCUT2D eigenvalue weighted by Crippen LogP contribution is 2.31. The minimum absolute atomic E-state index is 0.284. The van der Waals surface area contributed by atoms with E-state index in [0.29, 0.717) is 5.25 Å². The fraction of sp³-hybridized carbons (Fsp3) is 0.444. The third-order valence-corrected chi connectivity index (χ3v) is 4.49. The molecular formula is C9H10ClN3S2. The second-order valence-electron chi connectivity index (χ2n) is 3.15. The van der Waals surface area contributed by atoms with Gasteiger partial charge in [0.1, 0.15) is 10.3 Å². The van der Waals surface area contributed by atoms with Crippen molar-refractivity contribution in [2.45, 2.75) is 29.9 Å². The maximum absolute atomic E-state index is 5.71. The zero-order chi connectivity index (χ0) is 10.8. The summed E-state index contributed by atoms with van der Waals surface area (Å²) in [4.78, 5) is 13.3. The first-order valence-corrected chi connectivity index (χ1v) is 6.72. The van der Waals surface area contributed by atoms with Gasteiger partial charge in [0.2, 0.25) is 5.28 Å². The van der Waals surface area contributed by atoms with Crippen LogP contribution in [0.15, 0.2) is 10.5 Å². The molecule has 0 aliphatic rings. The van der Waals surface area contributed by atoms with Gasteiger partial charge in [0, 0.05) is 5.25 Å². The Kier molecular flexibility index (Phi) is 3.43. The van der Waals surface area contributed by atoms with Crippen molar-refractivity contribution >= 4 is 45.0 Å². The number of rotatable bonds is 3. The Morgan fingerprint density at radius 2 is 2.33 bits per heavy atom. The van der Waals surface area contributed by atoms with Gasteiger partial charge in [-0.1, -0.05) is 36.9 Å². The number of halogens is 1. The normalized spacial score (nSPS) is 13.3.